The predicted molar refractivity (Wildman–Crippen MR) is 69.9 cm³/mol. The highest BCUT2D eigenvalue weighted by molar-refractivity contribution is 9.10. The first-order valence-electron chi connectivity index (χ1n) is 5.16. The first-order chi connectivity index (χ1) is 7.95. The van der Waals surface area contributed by atoms with Gasteiger partial charge in [0.25, 0.3) is 0 Å². The molecule has 1 aromatic carbocycles. The number of carbonyl (C=O) groups excluding carboxylic acids is 1. The summed E-state index contributed by atoms with van der Waals surface area (Å²) in [5, 5.41) is 10.5. The summed E-state index contributed by atoms with van der Waals surface area (Å²) in [6, 6.07) is 5.22. The van der Waals surface area contributed by atoms with Gasteiger partial charge in [-0.2, -0.15) is 0 Å². The third kappa shape index (κ3) is 3.98. The monoisotopic (exact) mass is 320 g/mol. The van der Waals surface area contributed by atoms with Crippen LogP contribution in [0.2, 0.25) is 5.02 Å². The summed E-state index contributed by atoms with van der Waals surface area (Å²) in [7, 11) is 1.34. The van der Waals surface area contributed by atoms with E-state index in [0.717, 1.165) is 4.47 Å². The van der Waals surface area contributed by atoms with E-state index in [1.165, 1.54) is 7.11 Å². The van der Waals surface area contributed by atoms with Gasteiger partial charge in [-0.1, -0.05) is 24.6 Å². The number of benzene rings is 1. The maximum Gasteiger partial charge on any atom is 0.308 e. The summed E-state index contributed by atoms with van der Waals surface area (Å²) in [6.45, 7) is 1.72. The van der Waals surface area contributed by atoms with Gasteiger partial charge in [0.05, 0.1) is 24.2 Å². The zero-order valence-electron chi connectivity index (χ0n) is 9.61. The molecule has 0 heterocycles. The van der Waals surface area contributed by atoms with Crippen LogP contribution in [0, 0.1) is 5.92 Å². The van der Waals surface area contributed by atoms with Crippen LogP contribution in [0.4, 0.5) is 0 Å². The van der Waals surface area contributed by atoms with Gasteiger partial charge in [0, 0.05) is 4.47 Å². The van der Waals surface area contributed by atoms with Gasteiger partial charge in [-0.25, -0.2) is 0 Å². The Hall–Kier alpha value is -0.580. The van der Waals surface area contributed by atoms with E-state index in [4.69, 9.17) is 11.6 Å². The molecule has 0 saturated carbocycles. The van der Waals surface area contributed by atoms with Gasteiger partial charge < -0.3 is 9.84 Å². The van der Waals surface area contributed by atoms with Gasteiger partial charge in [-0.05, 0) is 40.0 Å². The number of rotatable bonds is 4. The van der Waals surface area contributed by atoms with Crippen molar-refractivity contribution in [2.24, 2.45) is 5.92 Å². The van der Waals surface area contributed by atoms with E-state index in [2.05, 4.69) is 20.7 Å². The molecule has 0 spiro atoms. The summed E-state index contributed by atoms with van der Waals surface area (Å²) in [4.78, 5) is 11.2. The fourth-order valence-electron chi connectivity index (χ4n) is 1.49. The number of hydrogen-bond donors (Lipinski definition) is 1. The highest BCUT2D eigenvalue weighted by atomic mass is 79.9. The first kappa shape index (κ1) is 14.5. The third-order valence-electron chi connectivity index (χ3n) is 2.51. The second-order valence-electron chi connectivity index (χ2n) is 3.85. The molecule has 1 aromatic rings. The van der Waals surface area contributed by atoms with Crippen LogP contribution >= 0.6 is 27.5 Å². The van der Waals surface area contributed by atoms with Crippen molar-refractivity contribution in [2.75, 3.05) is 7.11 Å². The van der Waals surface area contributed by atoms with Gasteiger partial charge in [0.15, 0.2) is 0 Å². The summed E-state index contributed by atoms with van der Waals surface area (Å²) in [6.07, 6.45) is -0.417. The number of ether oxygens (including phenoxy) is 1. The molecule has 2 unspecified atom stereocenters. The minimum absolute atomic E-state index is 0.310. The summed E-state index contributed by atoms with van der Waals surface area (Å²) < 4.78 is 5.38. The minimum Gasteiger partial charge on any atom is -0.469 e. The maximum absolute atomic E-state index is 11.2. The van der Waals surface area contributed by atoms with Crippen molar-refractivity contribution in [3.05, 3.63) is 33.3 Å². The van der Waals surface area contributed by atoms with E-state index < -0.39 is 6.10 Å². The number of carbonyl (C=O) groups is 1. The second-order valence-corrected chi connectivity index (χ2v) is 5.11. The molecule has 0 fully saturated rings. The number of halogens is 2. The molecule has 2 atom stereocenters. The Morgan fingerprint density at radius 2 is 2.24 bits per heavy atom. The Labute approximate surface area is 114 Å². The molecule has 3 nitrogen and oxygen atoms in total. The van der Waals surface area contributed by atoms with E-state index in [0.29, 0.717) is 17.0 Å². The number of aliphatic hydroxyl groups is 1. The number of hydrogen-bond acceptors (Lipinski definition) is 3. The van der Waals surface area contributed by atoms with E-state index in [9.17, 15) is 9.90 Å². The van der Waals surface area contributed by atoms with Crippen LogP contribution in [-0.4, -0.2) is 18.2 Å². The van der Waals surface area contributed by atoms with E-state index in [-0.39, 0.29) is 11.9 Å². The lowest BCUT2D eigenvalue weighted by molar-refractivity contribution is -0.145. The molecular formula is C12H14BrClO3. The van der Waals surface area contributed by atoms with Crippen molar-refractivity contribution in [3.63, 3.8) is 0 Å². The van der Waals surface area contributed by atoms with E-state index >= 15 is 0 Å². The number of esters is 1. The highest BCUT2D eigenvalue weighted by Crippen LogP contribution is 2.28. The zero-order valence-corrected chi connectivity index (χ0v) is 12.0. The molecule has 0 aromatic heterocycles. The van der Waals surface area contributed by atoms with Crippen LogP contribution in [0.25, 0.3) is 0 Å². The Kier molecular flexibility index (Phi) is 5.43. The average Bonchev–Trinajstić information content (AvgIpc) is 2.31. The smallest absolute Gasteiger partial charge is 0.308 e. The molecule has 5 heteroatoms. The molecule has 17 heavy (non-hydrogen) atoms. The van der Waals surface area contributed by atoms with Gasteiger partial charge in [-0.3, -0.25) is 4.79 Å². The minimum atomic E-state index is -0.727. The van der Waals surface area contributed by atoms with Crippen LogP contribution in [0.1, 0.15) is 25.0 Å². The topological polar surface area (TPSA) is 46.5 Å². The van der Waals surface area contributed by atoms with Crippen molar-refractivity contribution >= 4 is 33.5 Å². The van der Waals surface area contributed by atoms with Crippen molar-refractivity contribution < 1.29 is 14.6 Å². The predicted octanol–water partition coefficient (Wildman–Crippen LogP) is 3.34. The van der Waals surface area contributed by atoms with Crippen LogP contribution in [0.3, 0.4) is 0 Å². The molecule has 94 valence electrons. The Morgan fingerprint density at radius 3 is 2.76 bits per heavy atom. The van der Waals surface area contributed by atoms with Crippen molar-refractivity contribution in [3.8, 4) is 0 Å². The van der Waals surface area contributed by atoms with Crippen LogP contribution in [-0.2, 0) is 9.53 Å². The van der Waals surface area contributed by atoms with Crippen molar-refractivity contribution in [2.45, 2.75) is 19.4 Å². The summed E-state index contributed by atoms with van der Waals surface area (Å²) in [5.41, 5.74) is 0.689. The van der Waals surface area contributed by atoms with Gasteiger partial charge in [0.1, 0.15) is 0 Å². The quantitative estimate of drug-likeness (QED) is 0.865. The fraction of sp³-hybridized carbons (Fsp3) is 0.417. The van der Waals surface area contributed by atoms with E-state index in [1.807, 2.05) is 0 Å². The number of aliphatic hydroxyl groups excluding tert-OH is 1. The lowest BCUT2D eigenvalue weighted by Gasteiger charge is -2.15. The zero-order chi connectivity index (χ0) is 13.0. The standard InChI is InChI=1S/C12H14BrClO3/c1-7(12(16)17-2)5-11(15)8-3-4-9(13)10(14)6-8/h3-4,6-7,11,15H,5H2,1-2H3. The van der Waals surface area contributed by atoms with E-state index in [1.54, 1.807) is 25.1 Å². The van der Waals surface area contributed by atoms with Crippen molar-refractivity contribution in [1.82, 2.24) is 0 Å². The normalized spacial score (nSPS) is 14.2. The van der Waals surface area contributed by atoms with Gasteiger partial charge in [0.2, 0.25) is 0 Å². The molecule has 0 bridgehead atoms. The molecule has 0 aliphatic heterocycles. The Morgan fingerprint density at radius 1 is 1.59 bits per heavy atom. The molecule has 1 N–H and O–H groups in total. The lowest BCUT2D eigenvalue weighted by atomic mass is 9.98. The second kappa shape index (κ2) is 6.38. The van der Waals surface area contributed by atoms with Crippen LogP contribution in [0.5, 0.6) is 0 Å². The Bertz CT molecular complexity index is 409. The lowest BCUT2D eigenvalue weighted by Crippen LogP contribution is -2.16. The summed E-state index contributed by atoms with van der Waals surface area (Å²) in [5.74, 6) is -0.676. The summed E-state index contributed by atoms with van der Waals surface area (Å²) >= 11 is 9.21. The molecule has 0 aliphatic rings. The molecule has 0 radical (unpaired) electrons. The third-order valence-corrected chi connectivity index (χ3v) is 3.74. The van der Waals surface area contributed by atoms with Crippen LogP contribution < -0.4 is 0 Å². The first-order valence-corrected chi connectivity index (χ1v) is 6.33. The highest BCUT2D eigenvalue weighted by Gasteiger charge is 2.19. The SMILES string of the molecule is COC(=O)C(C)CC(O)c1ccc(Br)c(Cl)c1. The number of methoxy groups -OCH3 is 1. The largest absolute Gasteiger partial charge is 0.469 e. The molecule has 0 saturated heterocycles. The van der Waals surface area contributed by atoms with Crippen molar-refractivity contribution in [1.29, 1.82) is 0 Å². The van der Waals surface area contributed by atoms with Crippen LogP contribution in [0.15, 0.2) is 22.7 Å². The fourth-order valence-corrected chi connectivity index (χ4v) is 1.92. The molecule has 0 amide bonds. The molecule has 0 aliphatic carbocycles. The van der Waals surface area contributed by atoms with Gasteiger partial charge in [-0.15, -0.1) is 0 Å². The maximum atomic E-state index is 11.2. The molecule has 1 rings (SSSR count). The molecular weight excluding hydrogens is 307 g/mol. The average molecular weight is 322 g/mol. The van der Waals surface area contributed by atoms with Gasteiger partial charge >= 0.3 is 5.97 Å². The Balaban J connectivity index is 2.72.